The normalized spacial score (nSPS) is 17.3. The molecular weight excluding hydrogens is 274 g/mol. The van der Waals surface area contributed by atoms with E-state index in [0.29, 0.717) is 0 Å². The molecule has 1 heterocycles. The van der Waals surface area contributed by atoms with Crippen molar-refractivity contribution in [3.05, 3.63) is 71.9 Å². The van der Waals surface area contributed by atoms with Crippen LogP contribution in [0.5, 0.6) is 0 Å². The van der Waals surface area contributed by atoms with Crippen LogP contribution in [-0.2, 0) is 6.42 Å². The van der Waals surface area contributed by atoms with Crippen molar-refractivity contribution < 1.29 is 4.79 Å². The van der Waals surface area contributed by atoms with Crippen LogP contribution in [0.4, 0.5) is 0 Å². The molecule has 0 spiro atoms. The summed E-state index contributed by atoms with van der Waals surface area (Å²) >= 11 is 0. The number of aromatic nitrogens is 3. The molecule has 0 fully saturated rings. The van der Waals surface area contributed by atoms with Crippen LogP contribution in [0.2, 0.25) is 0 Å². The minimum absolute atomic E-state index is 0.131. The van der Waals surface area contributed by atoms with Gasteiger partial charge in [-0.15, -0.1) is 5.10 Å². The Morgan fingerprint density at radius 1 is 1.00 bits per heavy atom. The summed E-state index contributed by atoms with van der Waals surface area (Å²) < 4.78 is 1.71. The Hall–Kier alpha value is -2.75. The molecule has 0 aliphatic heterocycles. The monoisotopic (exact) mass is 289 g/mol. The number of ketones is 1. The van der Waals surface area contributed by atoms with Crippen molar-refractivity contribution in [3.63, 3.8) is 0 Å². The van der Waals surface area contributed by atoms with Crippen molar-refractivity contribution in [3.8, 4) is 11.3 Å². The Kier molecular flexibility index (Phi) is 3.07. The van der Waals surface area contributed by atoms with Crippen LogP contribution in [0.15, 0.2) is 60.8 Å². The Morgan fingerprint density at radius 2 is 1.77 bits per heavy atom. The van der Waals surface area contributed by atoms with E-state index in [1.165, 1.54) is 0 Å². The first-order valence-corrected chi connectivity index (χ1v) is 7.42. The number of carbonyl (C=O) groups is 1. The summed E-state index contributed by atoms with van der Waals surface area (Å²) in [6.45, 7) is 0. The van der Waals surface area contributed by atoms with E-state index in [4.69, 9.17) is 0 Å². The molecule has 1 aliphatic rings. The third-order valence-electron chi connectivity index (χ3n) is 4.17. The molecule has 3 aromatic rings. The molecular formula is C18H15N3O. The third kappa shape index (κ3) is 2.13. The highest BCUT2D eigenvalue weighted by Gasteiger charge is 2.29. The average Bonchev–Trinajstić information content (AvgIpc) is 3.06. The fourth-order valence-electron chi connectivity index (χ4n) is 3.00. The molecule has 0 N–H and O–H groups in total. The van der Waals surface area contributed by atoms with Gasteiger partial charge < -0.3 is 0 Å². The molecule has 1 aliphatic carbocycles. The van der Waals surface area contributed by atoms with Crippen molar-refractivity contribution in [2.75, 3.05) is 0 Å². The van der Waals surface area contributed by atoms with Crippen molar-refractivity contribution in [2.45, 2.75) is 18.9 Å². The summed E-state index contributed by atoms with van der Waals surface area (Å²) in [7, 11) is 0. The quantitative estimate of drug-likeness (QED) is 0.727. The minimum atomic E-state index is -0.250. The molecule has 0 saturated heterocycles. The van der Waals surface area contributed by atoms with Gasteiger partial charge in [0.25, 0.3) is 0 Å². The Labute approximate surface area is 128 Å². The predicted octanol–water partition coefficient (Wildman–Crippen LogP) is 3.32. The number of nitrogens with zero attached hydrogens (tertiary/aromatic N) is 3. The molecule has 1 aromatic heterocycles. The van der Waals surface area contributed by atoms with Gasteiger partial charge in [-0.05, 0) is 18.4 Å². The molecule has 108 valence electrons. The van der Waals surface area contributed by atoms with Crippen LogP contribution >= 0.6 is 0 Å². The van der Waals surface area contributed by atoms with Gasteiger partial charge in [0.15, 0.2) is 5.78 Å². The second kappa shape index (κ2) is 5.22. The number of carbonyl (C=O) groups excluding carboxylic acids is 1. The van der Waals surface area contributed by atoms with Gasteiger partial charge in [0.1, 0.15) is 11.7 Å². The zero-order valence-electron chi connectivity index (χ0n) is 12.0. The van der Waals surface area contributed by atoms with Gasteiger partial charge in [-0.3, -0.25) is 4.79 Å². The van der Waals surface area contributed by atoms with E-state index in [1.54, 1.807) is 4.68 Å². The average molecular weight is 289 g/mol. The number of aryl methyl sites for hydroxylation is 1. The summed E-state index contributed by atoms with van der Waals surface area (Å²) in [5, 5.41) is 8.40. The van der Waals surface area contributed by atoms with E-state index in [-0.39, 0.29) is 11.8 Å². The zero-order valence-corrected chi connectivity index (χ0v) is 12.0. The summed E-state index contributed by atoms with van der Waals surface area (Å²) in [6.07, 6.45) is 3.53. The highest BCUT2D eigenvalue weighted by atomic mass is 16.1. The number of hydrogen-bond acceptors (Lipinski definition) is 3. The van der Waals surface area contributed by atoms with E-state index in [2.05, 4.69) is 10.3 Å². The molecule has 0 bridgehead atoms. The third-order valence-corrected chi connectivity index (χ3v) is 4.17. The molecule has 22 heavy (non-hydrogen) atoms. The highest BCUT2D eigenvalue weighted by Crippen LogP contribution is 2.29. The smallest absolute Gasteiger partial charge is 0.187 e. The van der Waals surface area contributed by atoms with Crippen LogP contribution in [0.1, 0.15) is 28.4 Å². The summed E-state index contributed by atoms with van der Waals surface area (Å²) in [5.41, 5.74) is 3.76. The van der Waals surface area contributed by atoms with Crippen molar-refractivity contribution in [2.24, 2.45) is 0 Å². The van der Waals surface area contributed by atoms with Crippen LogP contribution in [-0.4, -0.2) is 20.8 Å². The summed E-state index contributed by atoms with van der Waals surface area (Å²) in [5.74, 6) is 0.131. The number of rotatable bonds is 2. The van der Waals surface area contributed by atoms with Crippen molar-refractivity contribution in [1.82, 2.24) is 15.0 Å². The van der Waals surface area contributed by atoms with E-state index < -0.39 is 0 Å². The maximum absolute atomic E-state index is 12.7. The lowest BCUT2D eigenvalue weighted by atomic mass is 9.87. The van der Waals surface area contributed by atoms with E-state index in [9.17, 15) is 4.79 Å². The van der Waals surface area contributed by atoms with Gasteiger partial charge in [0.05, 0.1) is 6.20 Å². The van der Waals surface area contributed by atoms with Crippen LogP contribution in [0.3, 0.4) is 0 Å². The van der Waals surface area contributed by atoms with E-state index in [1.807, 2.05) is 60.8 Å². The topological polar surface area (TPSA) is 47.8 Å². The van der Waals surface area contributed by atoms with Crippen LogP contribution in [0.25, 0.3) is 11.3 Å². The molecule has 4 heteroatoms. The first kappa shape index (κ1) is 13.0. The fourth-order valence-corrected chi connectivity index (χ4v) is 3.00. The summed E-state index contributed by atoms with van der Waals surface area (Å²) in [4.78, 5) is 12.7. The van der Waals surface area contributed by atoms with Gasteiger partial charge in [-0.25, -0.2) is 4.68 Å². The van der Waals surface area contributed by atoms with Gasteiger partial charge in [-0.2, -0.15) is 0 Å². The zero-order chi connectivity index (χ0) is 14.9. The van der Waals surface area contributed by atoms with Gasteiger partial charge in [0, 0.05) is 11.1 Å². The van der Waals surface area contributed by atoms with Gasteiger partial charge >= 0.3 is 0 Å². The van der Waals surface area contributed by atoms with Crippen LogP contribution in [0, 0.1) is 0 Å². The lowest BCUT2D eigenvalue weighted by Crippen LogP contribution is -2.26. The maximum atomic E-state index is 12.7. The first-order chi connectivity index (χ1) is 10.8. The van der Waals surface area contributed by atoms with E-state index in [0.717, 1.165) is 35.2 Å². The number of hydrogen-bond donors (Lipinski definition) is 0. The number of fused-ring (bicyclic) bond motifs is 1. The lowest BCUT2D eigenvalue weighted by molar-refractivity contribution is 0.0898. The maximum Gasteiger partial charge on any atom is 0.187 e. The fraction of sp³-hybridized carbons (Fsp3) is 0.167. The minimum Gasteiger partial charge on any atom is -0.292 e. The molecule has 1 unspecified atom stereocenters. The van der Waals surface area contributed by atoms with Crippen molar-refractivity contribution >= 4 is 5.78 Å². The van der Waals surface area contributed by atoms with Crippen LogP contribution < -0.4 is 0 Å². The molecule has 4 rings (SSSR count). The largest absolute Gasteiger partial charge is 0.292 e. The molecule has 1 atom stereocenters. The SMILES string of the molecule is O=C1c2ccccc2CCC1n1cc(-c2ccccc2)nn1. The van der Waals surface area contributed by atoms with Crippen molar-refractivity contribution in [1.29, 1.82) is 0 Å². The van der Waals surface area contributed by atoms with E-state index >= 15 is 0 Å². The standard InChI is InChI=1S/C18H15N3O/c22-18-15-9-5-4-6-13(15)10-11-17(18)21-12-16(19-20-21)14-7-2-1-3-8-14/h1-9,12,17H,10-11H2. The number of Topliss-reactive ketones (excluding diaryl/α,β-unsaturated/α-hetero) is 1. The first-order valence-electron chi connectivity index (χ1n) is 7.42. The molecule has 4 nitrogen and oxygen atoms in total. The molecule has 0 saturated carbocycles. The Balaban J connectivity index is 1.67. The van der Waals surface area contributed by atoms with Gasteiger partial charge in [0.2, 0.25) is 0 Å². The number of benzene rings is 2. The highest BCUT2D eigenvalue weighted by molar-refractivity contribution is 6.01. The Bertz CT molecular complexity index is 823. The molecule has 2 aromatic carbocycles. The second-order valence-electron chi connectivity index (χ2n) is 5.53. The Morgan fingerprint density at radius 3 is 2.64 bits per heavy atom. The molecule has 0 radical (unpaired) electrons. The second-order valence-corrected chi connectivity index (χ2v) is 5.53. The van der Waals surface area contributed by atoms with Gasteiger partial charge in [-0.1, -0.05) is 59.8 Å². The molecule has 0 amide bonds. The lowest BCUT2D eigenvalue weighted by Gasteiger charge is -2.22. The summed E-state index contributed by atoms with van der Waals surface area (Å²) in [6, 6.07) is 17.5. The predicted molar refractivity (Wildman–Crippen MR) is 83.6 cm³/mol.